The maximum absolute atomic E-state index is 11.1. The number of aliphatic hydroxyl groups excluding tert-OH is 1. The van der Waals surface area contributed by atoms with Crippen molar-refractivity contribution in [2.75, 3.05) is 14.1 Å². The summed E-state index contributed by atoms with van der Waals surface area (Å²) in [6.07, 6.45) is -0.560. The van der Waals surface area contributed by atoms with E-state index in [4.69, 9.17) is 5.11 Å². The lowest BCUT2D eigenvalue weighted by Crippen LogP contribution is -2.33. The predicted octanol–water partition coefficient (Wildman–Crippen LogP) is 0.0915. The summed E-state index contributed by atoms with van der Waals surface area (Å²) < 4.78 is 0. The Morgan fingerprint density at radius 3 is 1.90 bits per heavy atom. The third kappa shape index (κ3) is 2.35. The highest BCUT2D eigenvalue weighted by Crippen LogP contribution is 2.04. The van der Waals surface area contributed by atoms with Gasteiger partial charge in [-0.25, -0.2) is 0 Å². The van der Waals surface area contributed by atoms with Gasteiger partial charge in [-0.15, -0.1) is 0 Å². The Bertz CT molecular complexity index is 121. The Kier molecular flexibility index (Phi) is 3.36. The Morgan fingerprint density at radius 1 is 1.40 bits per heavy atom. The van der Waals surface area contributed by atoms with Crippen molar-refractivity contribution < 1.29 is 9.90 Å². The molecule has 0 radical (unpaired) electrons. The van der Waals surface area contributed by atoms with Crippen LogP contribution in [0.2, 0.25) is 0 Å². The number of aliphatic hydroxyl groups is 1. The molecular formula is C7H15NO2. The van der Waals surface area contributed by atoms with Gasteiger partial charge in [0.1, 0.15) is 0 Å². The number of rotatable bonds is 2. The van der Waals surface area contributed by atoms with Gasteiger partial charge in [0, 0.05) is 14.1 Å². The van der Waals surface area contributed by atoms with Crippen LogP contribution in [0, 0.1) is 5.92 Å². The molecule has 0 rings (SSSR count). The van der Waals surface area contributed by atoms with Gasteiger partial charge in [0.15, 0.2) is 0 Å². The van der Waals surface area contributed by atoms with Gasteiger partial charge in [-0.05, 0) is 6.92 Å². The number of hydrogen-bond donors (Lipinski definition) is 1. The molecule has 0 bridgehead atoms. The summed E-state index contributed by atoms with van der Waals surface area (Å²) in [4.78, 5) is 12.5. The summed E-state index contributed by atoms with van der Waals surface area (Å²) in [7, 11) is 3.36. The highest BCUT2D eigenvalue weighted by molar-refractivity contribution is 5.78. The molecule has 2 atom stereocenters. The highest BCUT2D eigenvalue weighted by atomic mass is 16.3. The van der Waals surface area contributed by atoms with Crippen molar-refractivity contribution in [1.82, 2.24) is 4.90 Å². The second-order valence-corrected chi connectivity index (χ2v) is 2.76. The van der Waals surface area contributed by atoms with Gasteiger partial charge >= 0.3 is 0 Å². The van der Waals surface area contributed by atoms with E-state index in [1.807, 2.05) is 0 Å². The second kappa shape index (κ2) is 3.56. The van der Waals surface area contributed by atoms with Crippen molar-refractivity contribution in [2.24, 2.45) is 5.92 Å². The average molecular weight is 145 g/mol. The second-order valence-electron chi connectivity index (χ2n) is 2.76. The molecule has 1 N–H and O–H groups in total. The zero-order valence-electron chi connectivity index (χ0n) is 6.96. The molecular weight excluding hydrogens is 130 g/mol. The number of nitrogens with zero attached hydrogens (tertiary/aromatic N) is 1. The number of carbonyl (C=O) groups is 1. The van der Waals surface area contributed by atoms with Crippen LogP contribution in [-0.2, 0) is 4.79 Å². The van der Waals surface area contributed by atoms with Gasteiger partial charge in [0.05, 0.1) is 12.0 Å². The molecule has 0 heterocycles. The van der Waals surface area contributed by atoms with Crippen LogP contribution in [0.25, 0.3) is 0 Å². The molecule has 60 valence electrons. The minimum absolute atomic E-state index is 0.0324. The van der Waals surface area contributed by atoms with Crippen molar-refractivity contribution in [2.45, 2.75) is 20.0 Å². The molecule has 0 aliphatic rings. The first-order valence-corrected chi connectivity index (χ1v) is 3.36. The van der Waals surface area contributed by atoms with Crippen LogP contribution in [-0.4, -0.2) is 36.1 Å². The molecule has 0 aliphatic heterocycles. The van der Waals surface area contributed by atoms with Crippen molar-refractivity contribution in [3.8, 4) is 0 Å². The van der Waals surface area contributed by atoms with E-state index in [-0.39, 0.29) is 11.8 Å². The van der Waals surface area contributed by atoms with Crippen molar-refractivity contribution in [3.05, 3.63) is 0 Å². The van der Waals surface area contributed by atoms with E-state index in [0.717, 1.165) is 0 Å². The Labute approximate surface area is 61.6 Å². The molecule has 0 aromatic rings. The van der Waals surface area contributed by atoms with Crippen LogP contribution < -0.4 is 0 Å². The van der Waals surface area contributed by atoms with Gasteiger partial charge < -0.3 is 10.0 Å². The van der Waals surface area contributed by atoms with Gasteiger partial charge in [-0.2, -0.15) is 0 Å². The van der Waals surface area contributed by atoms with Crippen molar-refractivity contribution in [3.63, 3.8) is 0 Å². The predicted molar refractivity (Wildman–Crippen MR) is 39.5 cm³/mol. The molecule has 0 aromatic heterocycles. The van der Waals surface area contributed by atoms with Crippen LogP contribution in [0.3, 0.4) is 0 Å². The molecule has 0 saturated carbocycles. The van der Waals surface area contributed by atoms with E-state index >= 15 is 0 Å². The smallest absolute Gasteiger partial charge is 0.227 e. The van der Waals surface area contributed by atoms with E-state index in [9.17, 15) is 4.79 Å². The topological polar surface area (TPSA) is 40.5 Å². The van der Waals surface area contributed by atoms with Crippen LogP contribution in [0.4, 0.5) is 0 Å². The van der Waals surface area contributed by atoms with Crippen LogP contribution in [0.15, 0.2) is 0 Å². The molecule has 0 aromatic carbocycles. The summed E-state index contributed by atoms with van der Waals surface area (Å²) in [5, 5.41) is 8.99. The third-order valence-electron chi connectivity index (χ3n) is 1.55. The standard InChI is InChI=1S/C7H15NO2/c1-5(6(2)9)7(10)8(3)4/h5-6,9H,1-4H3. The summed E-state index contributed by atoms with van der Waals surface area (Å²) in [5.74, 6) is -0.329. The SMILES string of the molecule is CC(O)C(C)C(=O)N(C)C. The fourth-order valence-corrected chi connectivity index (χ4v) is 0.614. The van der Waals surface area contributed by atoms with Crippen LogP contribution in [0.5, 0.6) is 0 Å². The number of hydrogen-bond acceptors (Lipinski definition) is 2. The maximum atomic E-state index is 11.1. The summed E-state index contributed by atoms with van der Waals surface area (Å²) in [6.45, 7) is 3.33. The molecule has 3 heteroatoms. The normalized spacial score (nSPS) is 16.1. The van der Waals surface area contributed by atoms with Crippen molar-refractivity contribution >= 4 is 5.91 Å². The first-order chi connectivity index (χ1) is 4.46. The maximum Gasteiger partial charge on any atom is 0.227 e. The van der Waals surface area contributed by atoms with Gasteiger partial charge in [-0.1, -0.05) is 6.92 Å². The summed E-state index contributed by atoms with van der Waals surface area (Å²) in [6, 6.07) is 0. The molecule has 10 heavy (non-hydrogen) atoms. The Hall–Kier alpha value is -0.570. The lowest BCUT2D eigenvalue weighted by Gasteiger charge is -2.18. The minimum atomic E-state index is -0.560. The van der Waals surface area contributed by atoms with Crippen LogP contribution in [0.1, 0.15) is 13.8 Å². The molecule has 0 fully saturated rings. The van der Waals surface area contributed by atoms with Gasteiger partial charge in [0.25, 0.3) is 0 Å². The average Bonchev–Trinajstić information content (AvgIpc) is 1.84. The first-order valence-electron chi connectivity index (χ1n) is 3.36. The Balaban J connectivity index is 3.95. The summed E-state index contributed by atoms with van der Waals surface area (Å²) in [5.41, 5.74) is 0. The van der Waals surface area contributed by atoms with E-state index in [1.54, 1.807) is 27.9 Å². The largest absolute Gasteiger partial charge is 0.393 e. The molecule has 0 spiro atoms. The minimum Gasteiger partial charge on any atom is -0.393 e. The van der Waals surface area contributed by atoms with Gasteiger partial charge in [-0.3, -0.25) is 4.79 Å². The number of carbonyl (C=O) groups excluding carboxylic acids is 1. The summed E-state index contributed by atoms with van der Waals surface area (Å²) >= 11 is 0. The van der Waals surface area contributed by atoms with Crippen molar-refractivity contribution in [1.29, 1.82) is 0 Å². The quantitative estimate of drug-likeness (QED) is 0.598. The first kappa shape index (κ1) is 9.43. The zero-order chi connectivity index (χ0) is 8.31. The van der Waals surface area contributed by atoms with E-state index in [0.29, 0.717) is 0 Å². The van der Waals surface area contributed by atoms with Crippen LogP contribution >= 0.6 is 0 Å². The fraction of sp³-hybridized carbons (Fsp3) is 0.857. The lowest BCUT2D eigenvalue weighted by molar-refractivity contribution is -0.135. The molecule has 2 unspecified atom stereocenters. The molecule has 1 amide bonds. The molecule has 0 aliphatic carbocycles. The van der Waals surface area contributed by atoms with E-state index in [1.165, 1.54) is 4.90 Å². The fourth-order valence-electron chi connectivity index (χ4n) is 0.614. The lowest BCUT2D eigenvalue weighted by atomic mass is 10.1. The highest BCUT2D eigenvalue weighted by Gasteiger charge is 2.18. The van der Waals surface area contributed by atoms with E-state index < -0.39 is 6.10 Å². The zero-order valence-corrected chi connectivity index (χ0v) is 6.96. The van der Waals surface area contributed by atoms with Gasteiger partial charge in [0.2, 0.25) is 5.91 Å². The monoisotopic (exact) mass is 145 g/mol. The molecule has 0 saturated heterocycles. The van der Waals surface area contributed by atoms with E-state index in [2.05, 4.69) is 0 Å². The Morgan fingerprint density at radius 2 is 1.80 bits per heavy atom. The number of amides is 1. The third-order valence-corrected chi connectivity index (χ3v) is 1.55. The molecule has 3 nitrogen and oxygen atoms in total.